The number of para-hydroxylation sites is 1. The van der Waals surface area contributed by atoms with Crippen molar-refractivity contribution in [1.29, 1.82) is 0 Å². The first-order valence-electron chi connectivity index (χ1n) is 16.5. The highest BCUT2D eigenvalue weighted by Gasteiger charge is 2.23. The van der Waals surface area contributed by atoms with Crippen molar-refractivity contribution >= 4 is 21.8 Å². The lowest BCUT2D eigenvalue weighted by molar-refractivity contribution is 0.569. The predicted molar refractivity (Wildman–Crippen MR) is 174 cm³/mol. The summed E-state index contributed by atoms with van der Waals surface area (Å²) in [6.07, 6.45) is 0. The van der Waals surface area contributed by atoms with E-state index in [4.69, 9.17) is 6.85 Å². The molecule has 5 aromatic carbocycles. The Morgan fingerprint density at radius 3 is 1.82 bits per heavy atom. The summed E-state index contributed by atoms with van der Waals surface area (Å²) < 4.78 is 44.9. The fourth-order valence-corrected chi connectivity index (χ4v) is 5.73. The first kappa shape index (κ1) is 20.8. The predicted octanol–water partition coefficient (Wildman–Crippen LogP) is 11.0. The van der Waals surface area contributed by atoms with Gasteiger partial charge in [0.05, 0.1) is 17.9 Å². The van der Waals surface area contributed by atoms with E-state index in [0.717, 1.165) is 44.2 Å². The van der Waals surface area contributed by atoms with E-state index in [-0.39, 0.29) is 46.6 Å². The molecule has 0 spiro atoms. The van der Waals surface area contributed by atoms with E-state index in [1.54, 1.807) is 0 Å². The van der Waals surface area contributed by atoms with Gasteiger partial charge >= 0.3 is 0 Å². The minimum Gasteiger partial charge on any atom is -0.309 e. The molecule has 0 saturated carbocycles. The molecule has 1 heteroatoms. The molecular formula is C39H39N. The molecule has 0 fully saturated rings. The average Bonchev–Trinajstić information content (AvgIpc) is 3.34. The fraction of sp³-hybridized carbons (Fsp3) is 0.231. The van der Waals surface area contributed by atoms with Gasteiger partial charge in [0.2, 0.25) is 0 Å². The highest BCUT2D eigenvalue weighted by Crippen LogP contribution is 2.43. The first-order chi connectivity index (χ1) is 21.1. The molecule has 40 heavy (non-hydrogen) atoms. The Balaban J connectivity index is 1.78. The van der Waals surface area contributed by atoms with Crippen LogP contribution in [0.1, 0.15) is 65.1 Å². The van der Waals surface area contributed by atoms with Gasteiger partial charge in [0.1, 0.15) is 0 Å². The number of fused-ring (bicyclic) bond motifs is 3. The molecule has 0 unspecified atom stereocenters. The van der Waals surface area contributed by atoms with Crippen molar-refractivity contribution in [2.75, 3.05) is 0 Å². The number of hydrogen-bond donors (Lipinski definition) is 0. The molecule has 1 heterocycles. The fourth-order valence-electron chi connectivity index (χ4n) is 5.73. The van der Waals surface area contributed by atoms with Crippen molar-refractivity contribution in [2.24, 2.45) is 0 Å². The second-order valence-corrected chi connectivity index (χ2v) is 12.8. The first-order valence-corrected chi connectivity index (χ1v) is 14.0. The second kappa shape index (κ2) is 9.52. The third-order valence-corrected chi connectivity index (χ3v) is 7.98. The molecule has 0 aliphatic heterocycles. The van der Waals surface area contributed by atoms with E-state index < -0.39 is 0 Å². The van der Waals surface area contributed by atoms with Crippen LogP contribution in [0.15, 0.2) is 109 Å². The molecule has 1 nitrogen and oxygen atoms in total. The Bertz CT molecular complexity index is 2070. The smallest absolute Gasteiger partial charge is 0.0629 e. The molecule has 0 saturated heterocycles. The van der Waals surface area contributed by atoms with Crippen LogP contribution in [0.2, 0.25) is 0 Å². The Kier molecular flexibility index (Phi) is 4.94. The van der Waals surface area contributed by atoms with E-state index in [9.17, 15) is 0 Å². The van der Waals surface area contributed by atoms with Crippen molar-refractivity contribution in [2.45, 2.75) is 59.3 Å². The van der Waals surface area contributed by atoms with E-state index in [1.807, 2.05) is 30.3 Å². The second-order valence-electron chi connectivity index (χ2n) is 12.8. The summed E-state index contributed by atoms with van der Waals surface area (Å²) in [5.74, 6) is 0. The summed E-state index contributed by atoms with van der Waals surface area (Å²) in [6.45, 7) is 15.6. The summed E-state index contributed by atoms with van der Waals surface area (Å²) in [7, 11) is 0. The highest BCUT2D eigenvalue weighted by molar-refractivity contribution is 6.18. The van der Waals surface area contributed by atoms with Crippen LogP contribution in [0.4, 0.5) is 0 Å². The van der Waals surface area contributed by atoms with Crippen LogP contribution in [0.5, 0.6) is 0 Å². The Hall–Kier alpha value is -4.10. The molecule has 0 aliphatic carbocycles. The summed E-state index contributed by atoms with van der Waals surface area (Å²) in [4.78, 5) is 0. The number of hydrogen-bond acceptors (Lipinski definition) is 0. The van der Waals surface area contributed by atoms with E-state index in [2.05, 4.69) is 102 Å². The minimum atomic E-state index is -0.389. The minimum absolute atomic E-state index is 0.0362. The molecule has 0 N–H and O–H groups in total. The van der Waals surface area contributed by atoms with Crippen molar-refractivity contribution < 1.29 is 6.85 Å². The Labute approximate surface area is 246 Å². The van der Waals surface area contributed by atoms with Crippen LogP contribution in [-0.2, 0) is 10.8 Å². The monoisotopic (exact) mass is 526 g/mol. The van der Waals surface area contributed by atoms with Crippen molar-refractivity contribution in [1.82, 2.24) is 4.57 Å². The maximum absolute atomic E-state index is 8.84. The Morgan fingerprint density at radius 2 is 1.20 bits per heavy atom. The van der Waals surface area contributed by atoms with Crippen LogP contribution in [0, 0.1) is 6.92 Å². The van der Waals surface area contributed by atoms with Crippen LogP contribution < -0.4 is 0 Å². The maximum Gasteiger partial charge on any atom is 0.0629 e. The molecule has 1 aromatic heterocycles. The highest BCUT2D eigenvalue weighted by atomic mass is 15.0. The van der Waals surface area contributed by atoms with Crippen LogP contribution >= 0.6 is 0 Å². The molecule has 0 bridgehead atoms. The zero-order valence-corrected chi connectivity index (χ0v) is 24.5. The third-order valence-electron chi connectivity index (χ3n) is 7.98. The van der Waals surface area contributed by atoms with Crippen LogP contribution in [-0.4, -0.2) is 4.57 Å². The lowest BCUT2D eigenvalue weighted by Crippen LogP contribution is -2.16. The SMILES string of the molecule is [2H]c1c([2H])c([2H])c(-c2cccc3c2c2c(C)c(-c4cc(C(C)(C)C)cc(C(C)(C)C)c4)ccc2n3-c2ccccc2)c([2H])c1[2H]. The van der Waals surface area contributed by atoms with Gasteiger partial charge in [-0.3, -0.25) is 0 Å². The number of benzene rings is 5. The molecule has 6 rings (SSSR count). The van der Waals surface area contributed by atoms with Crippen LogP contribution in [0.3, 0.4) is 0 Å². The zero-order valence-electron chi connectivity index (χ0n) is 29.5. The topological polar surface area (TPSA) is 4.93 Å². The molecule has 0 atom stereocenters. The molecule has 0 amide bonds. The van der Waals surface area contributed by atoms with Gasteiger partial charge in [-0.1, -0.05) is 126 Å². The Morgan fingerprint density at radius 1 is 0.575 bits per heavy atom. The van der Waals surface area contributed by atoms with E-state index in [0.29, 0.717) is 5.56 Å². The van der Waals surface area contributed by atoms with Crippen LogP contribution in [0.25, 0.3) is 49.7 Å². The van der Waals surface area contributed by atoms with Crippen molar-refractivity contribution in [3.63, 3.8) is 0 Å². The third kappa shape index (κ3) is 4.44. The molecule has 0 aliphatic rings. The van der Waals surface area contributed by atoms with Gasteiger partial charge in [-0.15, -0.1) is 0 Å². The summed E-state index contributed by atoms with van der Waals surface area (Å²) >= 11 is 0. The van der Waals surface area contributed by atoms with E-state index in [1.165, 1.54) is 11.1 Å². The molecule has 6 aromatic rings. The van der Waals surface area contributed by atoms with Gasteiger partial charge in [-0.25, -0.2) is 0 Å². The molecular weight excluding hydrogens is 482 g/mol. The standard InChI is InChI=1S/C39H39N/c1-26-32(28-23-29(38(2,3)4)25-30(24-28)39(5,6)7)21-22-35-36(26)37-33(27-15-10-8-11-16-27)19-14-20-34(37)40(35)31-17-12-9-13-18-31/h8-25H,1-7H3/i8D,10D,11D,15D,16D. The number of aryl methyl sites for hydroxylation is 1. The van der Waals surface area contributed by atoms with Gasteiger partial charge in [0, 0.05) is 16.5 Å². The number of rotatable bonds is 3. The quantitative estimate of drug-likeness (QED) is 0.216. The van der Waals surface area contributed by atoms with Gasteiger partial charge in [-0.2, -0.15) is 0 Å². The number of aromatic nitrogens is 1. The summed E-state index contributed by atoms with van der Waals surface area (Å²) in [5, 5.41) is 1.88. The average molecular weight is 527 g/mol. The summed E-state index contributed by atoms with van der Waals surface area (Å²) in [5.41, 5.74) is 9.57. The lowest BCUT2D eigenvalue weighted by atomic mass is 9.78. The van der Waals surface area contributed by atoms with E-state index >= 15 is 0 Å². The van der Waals surface area contributed by atoms with Crippen molar-refractivity contribution in [3.05, 3.63) is 126 Å². The largest absolute Gasteiger partial charge is 0.309 e. The normalized spacial score (nSPS) is 14.1. The lowest BCUT2D eigenvalue weighted by Gasteiger charge is -2.26. The molecule has 200 valence electrons. The van der Waals surface area contributed by atoms with Gasteiger partial charge in [-0.05, 0) is 81.0 Å². The number of nitrogens with zero attached hydrogens (tertiary/aromatic N) is 1. The van der Waals surface area contributed by atoms with Gasteiger partial charge in [0.25, 0.3) is 0 Å². The zero-order chi connectivity index (χ0) is 32.6. The summed E-state index contributed by atoms with van der Waals surface area (Å²) in [6, 6.07) is 25.9. The van der Waals surface area contributed by atoms with Crippen molar-refractivity contribution in [3.8, 4) is 27.9 Å². The molecule has 0 radical (unpaired) electrons. The van der Waals surface area contributed by atoms with Gasteiger partial charge in [0.15, 0.2) is 0 Å². The van der Waals surface area contributed by atoms with Gasteiger partial charge < -0.3 is 4.57 Å². The maximum atomic E-state index is 8.84.